The van der Waals surface area contributed by atoms with Crippen LogP contribution in [0.3, 0.4) is 0 Å². The smallest absolute Gasteiger partial charge is 0.190 e. The molecular weight excluding hydrogens is 368 g/mol. The van der Waals surface area contributed by atoms with Gasteiger partial charge in [0.1, 0.15) is 5.82 Å². The highest BCUT2D eigenvalue weighted by Gasteiger charge is 2.28. The third-order valence-corrected chi connectivity index (χ3v) is 7.14. The van der Waals surface area contributed by atoms with Gasteiger partial charge in [-0.15, -0.1) is 11.3 Å². The van der Waals surface area contributed by atoms with E-state index >= 15 is 0 Å². The average molecular weight is 389 g/mol. The molecule has 0 bridgehead atoms. The third-order valence-electron chi connectivity index (χ3n) is 3.80. The topological polar surface area (TPSA) is 84.8 Å². The van der Waals surface area contributed by atoms with E-state index in [-0.39, 0.29) is 5.75 Å². The predicted octanol–water partition coefficient (Wildman–Crippen LogP) is 4.06. The first-order chi connectivity index (χ1) is 12.2. The van der Waals surface area contributed by atoms with Crippen molar-refractivity contribution in [2.45, 2.75) is 31.3 Å². The van der Waals surface area contributed by atoms with Gasteiger partial charge in [0.2, 0.25) is 0 Å². The molecule has 2 aromatic heterocycles. The summed E-state index contributed by atoms with van der Waals surface area (Å²) in [5.74, 6) is 1.25. The normalized spacial score (nSPS) is 12.1. The highest BCUT2D eigenvalue weighted by atomic mass is 32.2. The molecule has 1 aromatic carbocycles. The largest absolute Gasteiger partial charge is 0.340 e. The van der Waals surface area contributed by atoms with E-state index in [2.05, 4.69) is 20.3 Å². The van der Waals surface area contributed by atoms with E-state index in [4.69, 9.17) is 0 Å². The standard InChI is InChI=1S/C18H20N4O2S2/c1-18(2,3)26(23,24)12-13-4-6-14(7-5-13)21-15-8-9-19-16(22-15)17-20-10-11-25-17/h4-11H,12H2,1-3H3,(H,19,21,22). The Labute approximate surface area is 157 Å². The number of sulfone groups is 1. The van der Waals surface area contributed by atoms with E-state index in [1.165, 1.54) is 11.3 Å². The molecule has 0 unspecified atom stereocenters. The van der Waals surface area contributed by atoms with Crippen LogP contribution in [0.4, 0.5) is 11.5 Å². The van der Waals surface area contributed by atoms with Crippen LogP contribution < -0.4 is 5.32 Å². The number of thiazole rings is 1. The quantitative estimate of drug-likeness (QED) is 0.709. The Morgan fingerprint density at radius 2 is 1.77 bits per heavy atom. The van der Waals surface area contributed by atoms with Crippen molar-refractivity contribution in [3.8, 4) is 10.8 Å². The van der Waals surface area contributed by atoms with Crippen LogP contribution in [0.1, 0.15) is 26.3 Å². The Balaban J connectivity index is 1.73. The number of benzene rings is 1. The van der Waals surface area contributed by atoms with E-state index < -0.39 is 14.6 Å². The Morgan fingerprint density at radius 1 is 1.04 bits per heavy atom. The summed E-state index contributed by atoms with van der Waals surface area (Å²) in [6.07, 6.45) is 3.39. The number of nitrogens with one attached hydrogen (secondary N) is 1. The minimum absolute atomic E-state index is 0.0263. The van der Waals surface area contributed by atoms with Gasteiger partial charge in [0.15, 0.2) is 20.7 Å². The molecule has 0 atom stereocenters. The van der Waals surface area contributed by atoms with Gasteiger partial charge in [-0.05, 0) is 44.5 Å². The maximum Gasteiger partial charge on any atom is 0.190 e. The summed E-state index contributed by atoms with van der Waals surface area (Å²) < 4.78 is 23.9. The Morgan fingerprint density at radius 3 is 2.38 bits per heavy atom. The van der Waals surface area contributed by atoms with Gasteiger partial charge in [0, 0.05) is 23.5 Å². The van der Waals surface area contributed by atoms with Gasteiger partial charge in [-0.2, -0.15) is 0 Å². The number of nitrogens with zero attached hydrogens (tertiary/aromatic N) is 3. The average Bonchev–Trinajstić information content (AvgIpc) is 3.10. The highest BCUT2D eigenvalue weighted by molar-refractivity contribution is 7.91. The first kappa shape index (κ1) is 18.5. The number of aromatic nitrogens is 3. The lowest BCUT2D eigenvalue weighted by Gasteiger charge is -2.19. The summed E-state index contributed by atoms with van der Waals surface area (Å²) in [6.45, 7) is 5.15. The second-order valence-corrected chi connectivity index (χ2v) is 10.4. The fourth-order valence-electron chi connectivity index (χ4n) is 2.13. The van der Waals surface area contributed by atoms with E-state index in [1.54, 1.807) is 39.2 Å². The molecule has 26 heavy (non-hydrogen) atoms. The van der Waals surface area contributed by atoms with Crippen molar-refractivity contribution in [3.63, 3.8) is 0 Å². The molecule has 0 spiro atoms. The van der Waals surface area contributed by atoms with Gasteiger partial charge in [-0.1, -0.05) is 12.1 Å². The Kier molecular flexibility index (Phi) is 5.06. The molecule has 0 amide bonds. The fourth-order valence-corrected chi connectivity index (χ4v) is 3.77. The van der Waals surface area contributed by atoms with Crippen LogP contribution in [-0.2, 0) is 15.6 Å². The summed E-state index contributed by atoms with van der Waals surface area (Å²) in [5, 5.41) is 5.84. The lowest BCUT2D eigenvalue weighted by Crippen LogP contribution is -2.29. The lowest BCUT2D eigenvalue weighted by atomic mass is 10.2. The van der Waals surface area contributed by atoms with Crippen molar-refractivity contribution < 1.29 is 8.42 Å². The summed E-state index contributed by atoms with van der Waals surface area (Å²) in [6, 6.07) is 9.09. The molecule has 0 saturated heterocycles. The molecule has 8 heteroatoms. The van der Waals surface area contributed by atoms with Gasteiger partial charge in [-0.3, -0.25) is 0 Å². The molecular formula is C18H20N4O2S2. The van der Waals surface area contributed by atoms with Gasteiger partial charge in [0.25, 0.3) is 0 Å². The van der Waals surface area contributed by atoms with Crippen molar-refractivity contribution in [2.24, 2.45) is 0 Å². The highest BCUT2D eigenvalue weighted by Crippen LogP contribution is 2.23. The summed E-state index contributed by atoms with van der Waals surface area (Å²) in [5.41, 5.74) is 1.59. The lowest BCUT2D eigenvalue weighted by molar-refractivity contribution is 0.559. The Hall–Kier alpha value is -2.32. The summed E-state index contributed by atoms with van der Waals surface area (Å²) in [7, 11) is -3.20. The monoisotopic (exact) mass is 388 g/mol. The molecule has 6 nitrogen and oxygen atoms in total. The number of hydrogen-bond donors (Lipinski definition) is 1. The molecule has 3 aromatic rings. The van der Waals surface area contributed by atoms with Crippen LogP contribution in [0.2, 0.25) is 0 Å². The molecule has 3 rings (SSSR count). The molecule has 0 fully saturated rings. The zero-order chi connectivity index (χ0) is 18.8. The molecule has 0 saturated carbocycles. The maximum atomic E-state index is 12.3. The summed E-state index contributed by atoms with van der Waals surface area (Å²) in [4.78, 5) is 12.9. The first-order valence-corrected chi connectivity index (χ1v) is 10.6. The molecule has 0 radical (unpaired) electrons. The van der Waals surface area contributed by atoms with Crippen LogP contribution in [0.15, 0.2) is 48.1 Å². The number of hydrogen-bond acceptors (Lipinski definition) is 7. The van der Waals surface area contributed by atoms with Gasteiger partial charge in [-0.25, -0.2) is 23.4 Å². The predicted molar refractivity (Wildman–Crippen MR) is 105 cm³/mol. The Bertz CT molecular complexity index is 977. The molecule has 0 aliphatic carbocycles. The van der Waals surface area contributed by atoms with E-state index in [0.29, 0.717) is 11.6 Å². The zero-order valence-corrected chi connectivity index (χ0v) is 16.4. The van der Waals surface area contributed by atoms with E-state index in [1.807, 2.05) is 29.6 Å². The molecule has 136 valence electrons. The molecule has 2 heterocycles. The van der Waals surface area contributed by atoms with Crippen LogP contribution >= 0.6 is 11.3 Å². The van der Waals surface area contributed by atoms with E-state index in [0.717, 1.165) is 16.3 Å². The van der Waals surface area contributed by atoms with Gasteiger partial charge < -0.3 is 5.32 Å². The van der Waals surface area contributed by atoms with Gasteiger partial charge >= 0.3 is 0 Å². The van der Waals surface area contributed by atoms with Crippen LogP contribution in [0.5, 0.6) is 0 Å². The van der Waals surface area contributed by atoms with Crippen LogP contribution in [0.25, 0.3) is 10.8 Å². The van der Waals surface area contributed by atoms with Crippen molar-refractivity contribution >= 4 is 32.7 Å². The van der Waals surface area contributed by atoms with Crippen LogP contribution in [-0.4, -0.2) is 28.1 Å². The second kappa shape index (κ2) is 7.13. The van der Waals surface area contributed by atoms with Crippen molar-refractivity contribution in [1.82, 2.24) is 15.0 Å². The van der Waals surface area contributed by atoms with Crippen molar-refractivity contribution in [2.75, 3.05) is 5.32 Å². The zero-order valence-electron chi connectivity index (χ0n) is 14.8. The minimum atomic E-state index is -3.20. The van der Waals surface area contributed by atoms with Crippen LogP contribution in [0, 0.1) is 0 Å². The van der Waals surface area contributed by atoms with Crippen molar-refractivity contribution in [1.29, 1.82) is 0 Å². The summed E-state index contributed by atoms with van der Waals surface area (Å²) >= 11 is 1.48. The SMILES string of the molecule is CC(C)(C)S(=O)(=O)Cc1ccc(Nc2ccnc(-c3nccs3)n2)cc1. The number of rotatable bonds is 5. The first-order valence-electron chi connectivity index (χ1n) is 8.06. The van der Waals surface area contributed by atoms with Gasteiger partial charge in [0.05, 0.1) is 10.5 Å². The van der Waals surface area contributed by atoms with E-state index in [9.17, 15) is 8.42 Å². The second-order valence-electron chi connectivity index (χ2n) is 6.80. The van der Waals surface area contributed by atoms with Crippen molar-refractivity contribution in [3.05, 3.63) is 53.7 Å². The third kappa shape index (κ3) is 4.25. The molecule has 1 N–H and O–H groups in total. The maximum absolute atomic E-state index is 12.3. The minimum Gasteiger partial charge on any atom is -0.340 e. The number of anilines is 2. The molecule has 0 aliphatic rings. The molecule has 0 aliphatic heterocycles. The fraction of sp³-hybridized carbons (Fsp3) is 0.278.